The number of hydrogen-bond acceptors (Lipinski definition) is 14. The van der Waals surface area contributed by atoms with Crippen molar-refractivity contribution in [3.05, 3.63) is 88.7 Å². The molecule has 0 bridgehead atoms. The van der Waals surface area contributed by atoms with Crippen molar-refractivity contribution in [1.82, 2.24) is 25.1 Å². The van der Waals surface area contributed by atoms with Gasteiger partial charge in [-0.3, -0.25) is 34.3 Å². The first kappa shape index (κ1) is 45.2. The Bertz CT molecular complexity index is 2580. The zero-order valence-corrected chi connectivity index (χ0v) is 36.9. The summed E-state index contributed by atoms with van der Waals surface area (Å²) in [6.45, 7) is 11.9. The highest BCUT2D eigenvalue weighted by Crippen LogP contribution is 2.37. The van der Waals surface area contributed by atoms with Crippen molar-refractivity contribution in [2.75, 3.05) is 90.8 Å². The fourth-order valence-electron chi connectivity index (χ4n) is 9.73. The molecule has 4 amide bonds. The molecule has 17 nitrogen and oxygen atoms in total. The van der Waals surface area contributed by atoms with Crippen molar-refractivity contribution in [2.24, 2.45) is 5.92 Å². The Hall–Kier alpha value is -6.96. The Morgan fingerprint density at radius 3 is 2.24 bits per heavy atom. The summed E-state index contributed by atoms with van der Waals surface area (Å²) in [5.41, 5.74) is 9.68. The second kappa shape index (κ2) is 18.7. The summed E-state index contributed by atoms with van der Waals surface area (Å²) in [5, 5.41) is 16.4. The van der Waals surface area contributed by atoms with Gasteiger partial charge in [0.25, 0.3) is 11.8 Å². The maximum Gasteiger partial charge on any atom is 0.490 e. The molecule has 4 N–H and O–H groups in total. The second-order valence-corrected chi connectivity index (χ2v) is 17.6. The van der Waals surface area contributed by atoms with Crippen LogP contribution in [-0.2, 0) is 27.3 Å². The SMILES string of the molecule is Cc1c(N2CCc3cnc(Nc4ccc(N5CCC(CN6CCN(c7ccc8c(c7)C(=O)N(C7CCC(=O)NC7=O)C8=O)CC6)CC5)cc4)cc3C2)cnc2c1NCCO2.O=C(O)C(F)(F)F. The highest BCUT2D eigenvalue weighted by molar-refractivity contribution is 6.23. The number of pyridine rings is 2. The summed E-state index contributed by atoms with van der Waals surface area (Å²) in [6, 6.07) is 15.3. The van der Waals surface area contributed by atoms with Crippen LogP contribution in [0.5, 0.6) is 5.88 Å². The van der Waals surface area contributed by atoms with Gasteiger partial charge in [0, 0.05) is 101 Å². The number of halogens is 3. The van der Waals surface area contributed by atoms with Gasteiger partial charge in [0.1, 0.15) is 24.2 Å². The molecule has 1 unspecified atom stereocenters. The van der Waals surface area contributed by atoms with Crippen LogP contribution in [0, 0.1) is 12.8 Å². The number of carboxylic acids is 1. The fraction of sp³-hybridized carbons (Fsp3) is 0.426. The summed E-state index contributed by atoms with van der Waals surface area (Å²) in [4.78, 5) is 79.6. The minimum Gasteiger partial charge on any atom is -0.475 e. The van der Waals surface area contributed by atoms with Gasteiger partial charge in [0.05, 0.1) is 23.0 Å². The van der Waals surface area contributed by atoms with E-state index in [4.69, 9.17) is 19.6 Å². The largest absolute Gasteiger partial charge is 0.490 e. The zero-order chi connectivity index (χ0) is 47.0. The van der Waals surface area contributed by atoms with E-state index in [1.165, 1.54) is 22.4 Å². The number of alkyl halides is 3. The third-order valence-corrected chi connectivity index (χ3v) is 13.4. The molecule has 20 heteroatoms. The lowest BCUT2D eigenvalue weighted by Crippen LogP contribution is -2.54. The van der Waals surface area contributed by atoms with E-state index in [1.54, 1.807) is 12.1 Å². The lowest BCUT2D eigenvalue weighted by Gasteiger charge is -2.40. The molecule has 3 fully saturated rings. The number of nitrogens with one attached hydrogen (secondary N) is 3. The molecule has 352 valence electrons. The third kappa shape index (κ3) is 9.66. The summed E-state index contributed by atoms with van der Waals surface area (Å²) in [7, 11) is 0. The Labute approximate surface area is 384 Å². The van der Waals surface area contributed by atoms with E-state index in [1.807, 2.05) is 18.5 Å². The molecule has 1 atom stereocenters. The standard InChI is InChI=1S/C45H50N10O5.C2HF3O2/c1-28-38(25-48-43-41(28)46-13-21-60-43)54-16-12-30-24-47-39(22-31(30)27-54)49-32-2-4-33(5-3-32)52-14-10-29(11-15-52)26-51-17-19-53(20-18-51)34-6-7-35-36(23-34)45(59)55(44(35)58)37-8-9-40(56)50-42(37)57;3-2(4,5)1(6)7/h2-7,22-25,29,37,46H,8-21,26-27H2,1H3,(H,47,49)(H,50,56,57);(H,6,7). The van der Waals surface area contributed by atoms with Gasteiger partial charge < -0.3 is 35.2 Å². The summed E-state index contributed by atoms with van der Waals surface area (Å²) >= 11 is 0. The Morgan fingerprint density at radius 2 is 1.52 bits per heavy atom. The number of aromatic nitrogens is 2. The Balaban J connectivity index is 0.000000747. The quantitative estimate of drug-likeness (QED) is 0.173. The normalized spacial score (nSPS) is 19.9. The molecule has 0 saturated carbocycles. The van der Waals surface area contributed by atoms with Gasteiger partial charge in [-0.05, 0) is 98.2 Å². The molecule has 0 aliphatic carbocycles. The average Bonchev–Trinajstić information content (AvgIpc) is 3.57. The van der Waals surface area contributed by atoms with Gasteiger partial charge in [0.2, 0.25) is 17.7 Å². The van der Waals surface area contributed by atoms with E-state index >= 15 is 0 Å². The van der Waals surface area contributed by atoms with Gasteiger partial charge in [-0.25, -0.2) is 14.8 Å². The van der Waals surface area contributed by atoms with Crippen LogP contribution in [0.25, 0.3) is 0 Å². The van der Waals surface area contributed by atoms with Crippen LogP contribution in [0.15, 0.2) is 60.9 Å². The van der Waals surface area contributed by atoms with E-state index in [-0.39, 0.29) is 18.7 Å². The number of amides is 4. The molecule has 6 aliphatic heterocycles. The molecule has 67 heavy (non-hydrogen) atoms. The first-order valence-corrected chi connectivity index (χ1v) is 22.5. The van der Waals surface area contributed by atoms with Crippen LogP contribution < -0.4 is 35.4 Å². The molecular formula is C47H51F3N10O7. The monoisotopic (exact) mass is 924 g/mol. The average molecular weight is 925 g/mol. The van der Waals surface area contributed by atoms with Crippen LogP contribution in [0.2, 0.25) is 0 Å². The number of rotatable bonds is 8. The number of benzene rings is 2. The van der Waals surface area contributed by atoms with Crippen molar-refractivity contribution in [2.45, 2.75) is 57.8 Å². The van der Waals surface area contributed by atoms with Gasteiger partial charge in [0.15, 0.2) is 0 Å². The number of nitrogens with zero attached hydrogens (tertiary/aromatic N) is 7. The third-order valence-electron chi connectivity index (χ3n) is 13.4. The smallest absolute Gasteiger partial charge is 0.475 e. The molecular weight excluding hydrogens is 874 g/mol. The van der Waals surface area contributed by atoms with E-state index in [9.17, 15) is 32.3 Å². The number of carbonyl (C=O) groups is 5. The number of fused-ring (bicyclic) bond motifs is 3. The second-order valence-electron chi connectivity index (χ2n) is 17.6. The number of anilines is 6. The van der Waals surface area contributed by atoms with Gasteiger partial charge in [-0.1, -0.05) is 0 Å². The summed E-state index contributed by atoms with van der Waals surface area (Å²) < 4.78 is 37.5. The van der Waals surface area contributed by atoms with Gasteiger partial charge >= 0.3 is 12.1 Å². The van der Waals surface area contributed by atoms with Crippen LogP contribution >= 0.6 is 0 Å². The molecule has 0 radical (unpaired) electrons. The molecule has 8 heterocycles. The number of hydrogen-bond donors (Lipinski definition) is 4. The molecule has 4 aromatic rings. The molecule has 3 saturated heterocycles. The number of carbonyl (C=O) groups excluding carboxylic acids is 4. The topological polar surface area (TPSA) is 193 Å². The Kier molecular flexibility index (Phi) is 12.6. The lowest BCUT2D eigenvalue weighted by atomic mass is 9.95. The zero-order valence-electron chi connectivity index (χ0n) is 36.9. The van der Waals surface area contributed by atoms with E-state index in [0.717, 1.165) is 118 Å². The van der Waals surface area contributed by atoms with E-state index < -0.39 is 35.9 Å². The van der Waals surface area contributed by atoms with Crippen LogP contribution in [0.1, 0.15) is 63.1 Å². The van der Waals surface area contributed by atoms with Crippen molar-refractivity contribution >= 4 is 63.9 Å². The van der Waals surface area contributed by atoms with Gasteiger partial charge in [-0.2, -0.15) is 13.2 Å². The van der Waals surface area contributed by atoms with Crippen molar-refractivity contribution in [3.63, 3.8) is 0 Å². The van der Waals surface area contributed by atoms with E-state index in [2.05, 4.69) is 77.8 Å². The van der Waals surface area contributed by atoms with Crippen LogP contribution in [-0.4, -0.2) is 132 Å². The number of aliphatic carboxylic acids is 1. The predicted octanol–water partition coefficient (Wildman–Crippen LogP) is 4.97. The first-order chi connectivity index (χ1) is 32.2. The number of piperidine rings is 2. The number of carboxylic acid groups (broad SMARTS) is 1. The van der Waals surface area contributed by atoms with Crippen molar-refractivity contribution in [3.8, 4) is 5.88 Å². The fourth-order valence-corrected chi connectivity index (χ4v) is 9.73. The van der Waals surface area contributed by atoms with Crippen LogP contribution in [0.4, 0.5) is 47.4 Å². The first-order valence-electron chi connectivity index (χ1n) is 22.5. The van der Waals surface area contributed by atoms with Crippen molar-refractivity contribution < 1.29 is 47.0 Å². The van der Waals surface area contributed by atoms with Crippen LogP contribution in [0.3, 0.4) is 0 Å². The predicted molar refractivity (Wildman–Crippen MR) is 242 cm³/mol. The number of ether oxygens (including phenoxy) is 1. The molecule has 2 aromatic carbocycles. The van der Waals surface area contributed by atoms with Crippen molar-refractivity contribution in [1.29, 1.82) is 0 Å². The minimum atomic E-state index is -5.08. The highest BCUT2D eigenvalue weighted by Gasteiger charge is 2.45. The maximum absolute atomic E-state index is 13.4. The summed E-state index contributed by atoms with van der Waals surface area (Å²) in [5.74, 6) is -2.50. The lowest BCUT2D eigenvalue weighted by molar-refractivity contribution is -0.192. The Morgan fingerprint density at radius 1 is 0.821 bits per heavy atom. The highest BCUT2D eigenvalue weighted by atomic mass is 19.4. The molecule has 0 spiro atoms. The number of imide groups is 2. The minimum absolute atomic E-state index is 0.103. The van der Waals surface area contributed by atoms with Gasteiger partial charge in [-0.15, -0.1) is 0 Å². The molecule has 10 rings (SSSR count). The van der Waals surface area contributed by atoms with E-state index in [0.29, 0.717) is 29.5 Å². The molecule has 6 aliphatic rings. The molecule has 2 aromatic heterocycles. The summed E-state index contributed by atoms with van der Waals surface area (Å²) in [6.07, 6.45) is 2.35. The maximum atomic E-state index is 13.4. The number of piperazine rings is 1.